The number of phenols is 1. The molecule has 0 radical (unpaired) electrons. The number of amides is 2. The molecule has 104 valence electrons. The molecule has 0 spiro atoms. The number of carbonyl (C=O) groups is 1. The number of anilines is 1. The lowest BCUT2D eigenvalue weighted by molar-refractivity contribution is 0.252. The molecule has 4 nitrogen and oxygen atoms in total. The minimum atomic E-state index is -0.376. The van der Waals surface area contributed by atoms with Gasteiger partial charge in [-0.15, -0.1) is 0 Å². The van der Waals surface area contributed by atoms with Crippen LogP contribution >= 0.6 is 11.6 Å². The number of hydrogen-bond acceptors (Lipinski definition) is 2. The number of urea groups is 1. The van der Waals surface area contributed by atoms with E-state index in [-0.39, 0.29) is 17.5 Å². The molecule has 0 aromatic heterocycles. The van der Waals surface area contributed by atoms with Crippen LogP contribution < -0.4 is 10.6 Å². The zero-order valence-electron chi connectivity index (χ0n) is 10.8. The summed E-state index contributed by atoms with van der Waals surface area (Å²) >= 11 is 5.80. The normalized spacial score (nSPS) is 10.1. The molecule has 0 heterocycles. The smallest absolute Gasteiger partial charge is 0.319 e. The van der Waals surface area contributed by atoms with Crippen molar-refractivity contribution in [2.24, 2.45) is 0 Å². The monoisotopic (exact) mass is 290 g/mol. The quantitative estimate of drug-likeness (QED) is 0.756. The summed E-state index contributed by atoms with van der Waals surface area (Å²) in [7, 11) is 0. The summed E-state index contributed by atoms with van der Waals surface area (Å²) in [5.74, 6) is -0.0207. The highest BCUT2D eigenvalue weighted by Crippen LogP contribution is 2.26. The van der Waals surface area contributed by atoms with Crippen LogP contribution in [0.2, 0.25) is 5.02 Å². The van der Waals surface area contributed by atoms with Crippen LogP contribution in [0.4, 0.5) is 10.5 Å². The molecule has 0 atom stereocenters. The van der Waals surface area contributed by atoms with Crippen molar-refractivity contribution in [1.82, 2.24) is 5.32 Å². The molecule has 3 N–H and O–H groups in total. The first-order valence-electron chi connectivity index (χ1n) is 6.22. The lowest BCUT2D eigenvalue weighted by Gasteiger charge is -2.09. The van der Waals surface area contributed by atoms with Gasteiger partial charge in [0, 0.05) is 11.6 Å². The van der Waals surface area contributed by atoms with Crippen LogP contribution in [0, 0.1) is 0 Å². The molecule has 0 aliphatic heterocycles. The highest BCUT2D eigenvalue weighted by Gasteiger charge is 2.06. The molecule has 2 aromatic rings. The van der Waals surface area contributed by atoms with Crippen molar-refractivity contribution >= 4 is 23.3 Å². The van der Waals surface area contributed by atoms with Crippen LogP contribution in [0.25, 0.3) is 0 Å². The third-order valence-corrected chi connectivity index (χ3v) is 2.98. The molecule has 5 heteroatoms. The fourth-order valence-corrected chi connectivity index (χ4v) is 1.91. The van der Waals surface area contributed by atoms with E-state index in [1.807, 2.05) is 30.3 Å². The maximum absolute atomic E-state index is 11.7. The van der Waals surface area contributed by atoms with E-state index >= 15 is 0 Å². The number of carbonyl (C=O) groups excluding carboxylic acids is 1. The average Bonchev–Trinajstić information content (AvgIpc) is 2.44. The predicted molar refractivity (Wildman–Crippen MR) is 80.3 cm³/mol. The number of benzene rings is 2. The van der Waals surface area contributed by atoms with Gasteiger partial charge in [-0.05, 0) is 30.2 Å². The number of hydrogen-bond donors (Lipinski definition) is 3. The fraction of sp³-hybridized carbons (Fsp3) is 0.133. The summed E-state index contributed by atoms with van der Waals surface area (Å²) in [5.41, 5.74) is 1.44. The van der Waals surface area contributed by atoms with Crippen molar-refractivity contribution in [1.29, 1.82) is 0 Å². The Bertz CT molecular complexity index is 588. The minimum Gasteiger partial charge on any atom is -0.506 e. The van der Waals surface area contributed by atoms with Crippen LogP contribution in [0.5, 0.6) is 5.75 Å². The van der Waals surface area contributed by atoms with Crippen LogP contribution in [0.15, 0.2) is 48.5 Å². The first-order chi connectivity index (χ1) is 9.65. The third kappa shape index (κ3) is 4.17. The van der Waals surface area contributed by atoms with Crippen LogP contribution in [-0.4, -0.2) is 17.7 Å². The second-order valence-corrected chi connectivity index (χ2v) is 4.71. The van der Waals surface area contributed by atoms with Gasteiger partial charge in [0.25, 0.3) is 0 Å². The Labute approximate surface area is 122 Å². The maximum atomic E-state index is 11.7. The van der Waals surface area contributed by atoms with E-state index in [4.69, 9.17) is 11.6 Å². The molecule has 0 saturated heterocycles. The average molecular weight is 291 g/mol. The van der Waals surface area contributed by atoms with Crippen LogP contribution in [-0.2, 0) is 6.42 Å². The standard InChI is InChI=1S/C15H15ClN2O2/c16-12-6-7-14(19)13(10-12)18-15(20)17-9-8-11-4-2-1-3-5-11/h1-7,10,19H,8-9H2,(H2,17,18,20). The van der Waals surface area contributed by atoms with E-state index in [1.54, 1.807) is 6.07 Å². The van der Waals surface area contributed by atoms with Crippen molar-refractivity contribution < 1.29 is 9.90 Å². The Kier molecular flexibility index (Phi) is 4.85. The zero-order valence-corrected chi connectivity index (χ0v) is 11.5. The lowest BCUT2D eigenvalue weighted by atomic mass is 10.1. The van der Waals surface area contributed by atoms with E-state index in [0.29, 0.717) is 11.6 Å². The van der Waals surface area contributed by atoms with Gasteiger partial charge in [0.1, 0.15) is 5.75 Å². The molecule has 0 aliphatic rings. The van der Waals surface area contributed by atoms with Gasteiger partial charge in [0.2, 0.25) is 0 Å². The zero-order chi connectivity index (χ0) is 14.4. The van der Waals surface area contributed by atoms with Crippen LogP contribution in [0.3, 0.4) is 0 Å². The third-order valence-electron chi connectivity index (χ3n) is 2.75. The van der Waals surface area contributed by atoms with Gasteiger partial charge in [0.05, 0.1) is 5.69 Å². The van der Waals surface area contributed by atoms with Crippen molar-refractivity contribution in [3.05, 3.63) is 59.1 Å². The van der Waals surface area contributed by atoms with Gasteiger partial charge in [-0.3, -0.25) is 0 Å². The number of rotatable bonds is 4. The molecular weight excluding hydrogens is 276 g/mol. The highest BCUT2D eigenvalue weighted by molar-refractivity contribution is 6.31. The molecule has 2 rings (SSSR count). The molecular formula is C15H15ClN2O2. The Hall–Kier alpha value is -2.20. The Morgan fingerprint density at radius 1 is 1.15 bits per heavy atom. The minimum absolute atomic E-state index is 0.0207. The Morgan fingerprint density at radius 3 is 2.65 bits per heavy atom. The number of nitrogens with one attached hydrogen (secondary N) is 2. The van der Waals surface area contributed by atoms with Gasteiger partial charge in [-0.2, -0.15) is 0 Å². The van der Waals surface area contributed by atoms with Gasteiger partial charge < -0.3 is 15.7 Å². The SMILES string of the molecule is O=C(NCCc1ccccc1)Nc1cc(Cl)ccc1O. The second-order valence-electron chi connectivity index (χ2n) is 4.28. The largest absolute Gasteiger partial charge is 0.506 e. The van der Waals surface area contributed by atoms with Crippen molar-refractivity contribution in [3.8, 4) is 5.75 Å². The summed E-state index contributed by atoms with van der Waals surface area (Å²) < 4.78 is 0. The molecule has 2 aromatic carbocycles. The number of aromatic hydroxyl groups is 1. The molecule has 2 amide bonds. The summed E-state index contributed by atoms with van der Waals surface area (Å²) in [6.45, 7) is 0.511. The first-order valence-corrected chi connectivity index (χ1v) is 6.60. The van der Waals surface area contributed by atoms with Gasteiger partial charge in [0.15, 0.2) is 0 Å². The molecule has 20 heavy (non-hydrogen) atoms. The van der Waals surface area contributed by atoms with E-state index < -0.39 is 0 Å². The van der Waals surface area contributed by atoms with Gasteiger partial charge in [-0.1, -0.05) is 41.9 Å². The van der Waals surface area contributed by atoms with E-state index in [1.165, 1.54) is 12.1 Å². The summed E-state index contributed by atoms with van der Waals surface area (Å²) in [5, 5.41) is 15.3. The number of halogens is 1. The molecule has 0 fully saturated rings. The first kappa shape index (κ1) is 14.2. The van der Waals surface area contributed by atoms with Crippen molar-refractivity contribution in [2.75, 3.05) is 11.9 Å². The van der Waals surface area contributed by atoms with Gasteiger partial charge in [-0.25, -0.2) is 4.79 Å². The predicted octanol–water partition coefficient (Wildman–Crippen LogP) is 3.41. The summed E-state index contributed by atoms with van der Waals surface area (Å²) in [6, 6.07) is 14.0. The summed E-state index contributed by atoms with van der Waals surface area (Å²) in [6.07, 6.45) is 0.746. The van der Waals surface area contributed by atoms with Crippen LogP contribution in [0.1, 0.15) is 5.56 Å². The van der Waals surface area contributed by atoms with Crippen molar-refractivity contribution in [2.45, 2.75) is 6.42 Å². The molecule has 0 bridgehead atoms. The highest BCUT2D eigenvalue weighted by atomic mass is 35.5. The summed E-state index contributed by atoms with van der Waals surface area (Å²) in [4.78, 5) is 11.7. The van der Waals surface area contributed by atoms with E-state index in [0.717, 1.165) is 12.0 Å². The van der Waals surface area contributed by atoms with E-state index in [9.17, 15) is 9.90 Å². The van der Waals surface area contributed by atoms with Gasteiger partial charge >= 0.3 is 6.03 Å². The fourth-order valence-electron chi connectivity index (χ4n) is 1.74. The van der Waals surface area contributed by atoms with E-state index in [2.05, 4.69) is 10.6 Å². The molecule has 0 saturated carbocycles. The van der Waals surface area contributed by atoms with Crippen molar-refractivity contribution in [3.63, 3.8) is 0 Å². The second kappa shape index (κ2) is 6.82. The molecule has 0 unspecified atom stereocenters. The topological polar surface area (TPSA) is 61.4 Å². The lowest BCUT2D eigenvalue weighted by Crippen LogP contribution is -2.30. The Balaban J connectivity index is 1.82. The Morgan fingerprint density at radius 2 is 1.90 bits per heavy atom. The molecule has 0 aliphatic carbocycles. The maximum Gasteiger partial charge on any atom is 0.319 e. The number of phenolic OH excluding ortho intramolecular Hbond substituents is 1.